The molecule has 4 rings (SSSR count). The highest BCUT2D eigenvalue weighted by atomic mass is 35.5. The number of halogens is 1. The number of nitrogens with zero attached hydrogens (tertiary/aromatic N) is 5. The van der Waals surface area contributed by atoms with Crippen LogP contribution in [0.5, 0.6) is 0 Å². The molecule has 1 aliphatic heterocycles. The molecule has 1 aromatic carbocycles. The first-order valence-corrected chi connectivity index (χ1v) is 9.50. The van der Waals surface area contributed by atoms with E-state index in [0.29, 0.717) is 18.1 Å². The molecule has 1 aliphatic rings. The van der Waals surface area contributed by atoms with Gasteiger partial charge in [-0.1, -0.05) is 23.7 Å². The maximum Gasteiger partial charge on any atom is 0.246 e. The Labute approximate surface area is 168 Å². The summed E-state index contributed by atoms with van der Waals surface area (Å²) in [5.74, 6) is 1.73. The highest BCUT2D eigenvalue weighted by Crippen LogP contribution is 2.17. The van der Waals surface area contributed by atoms with E-state index in [4.69, 9.17) is 11.6 Å². The SMILES string of the molecule is O=C(/C=C/c1ccc(Cl)cc1)N1CCN(c2cc(-n3cccc3)ncn2)CC1. The molecule has 3 heterocycles. The number of aromatic nitrogens is 3. The number of carbonyl (C=O) groups is 1. The molecule has 0 atom stereocenters. The molecule has 0 unspecified atom stereocenters. The molecule has 3 aromatic rings. The summed E-state index contributed by atoms with van der Waals surface area (Å²) in [6, 6.07) is 13.3. The van der Waals surface area contributed by atoms with E-state index in [1.807, 2.05) is 70.4 Å². The van der Waals surface area contributed by atoms with Crippen LogP contribution in [0.3, 0.4) is 0 Å². The van der Waals surface area contributed by atoms with E-state index in [9.17, 15) is 4.79 Å². The van der Waals surface area contributed by atoms with E-state index in [1.54, 1.807) is 12.4 Å². The molecule has 1 fully saturated rings. The predicted octanol–water partition coefficient (Wildman–Crippen LogP) is 3.28. The van der Waals surface area contributed by atoms with Crippen LogP contribution in [-0.2, 0) is 4.79 Å². The fourth-order valence-corrected chi connectivity index (χ4v) is 3.27. The molecule has 0 saturated carbocycles. The van der Waals surface area contributed by atoms with E-state index in [-0.39, 0.29) is 5.91 Å². The van der Waals surface area contributed by atoms with Crippen LogP contribution in [0.4, 0.5) is 5.82 Å². The van der Waals surface area contributed by atoms with E-state index < -0.39 is 0 Å². The summed E-state index contributed by atoms with van der Waals surface area (Å²) in [4.78, 5) is 25.2. The Kier molecular flexibility index (Phi) is 5.39. The van der Waals surface area contributed by atoms with Gasteiger partial charge in [0.25, 0.3) is 0 Å². The van der Waals surface area contributed by atoms with Gasteiger partial charge in [-0.3, -0.25) is 4.79 Å². The maximum absolute atomic E-state index is 12.5. The topological polar surface area (TPSA) is 54.3 Å². The van der Waals surface area contributed by atoms with Crippen molar-refractivity contribution in [3.05, 3.63) is 77.8 Å². The zero-order valence-corrected chi connectivity index (χ0v) is 16.0. The lowest BCUT2D eigenvalue weighted by atomic mass is 10.2. The van der Waals surface area contributed by atoms with Gasteiger partial charge in [0.2, 0.25) is 5.91 Å². The van der Waals surface area contributed by atoms with Gasteiger partial charge in [-0.05, 0) is 35.9 Å². The number of anilines is 1. The van der Waals surface area contributed by atoms with Crippen molar-refractivity contribution >= 4 is 29.4 Å². The summed E-state index contributed by atoms with van der Waals surface area (Å²) in [5, 5.41) is 0.684. The summed E-state index contributed by atoms with van der Waals surface area (Å²) in [6.45, 7) is 2.80. The van der Waals surface area contributed by atoms with Gasteiger partial charge < -0.3 is 14.4 Å². The molecule has 2 aromatic heterocycles. The molecule has 0 bridgehead atoms. The van der Waals surface area contributed by atoms with Crippen LogP contribution in [0.25, 0.3) is 11.9 Å². The lowest BCUT2D eigenvalue weighted by molar-refractivity contribution is -0.126. The molecular formula is C21H20ClN5O. The lowest BCUT2D eigenvalue weighted by Gasteiger charge is -2.35. The van der Waals surface area contributed by atoms with Gasteiger partial charge in [0.05, 0.1) is 0 Å². The summed E-state index contributed by atoms with van der Waals surface area (Å²) in [5.41, 5.74) is 0.954. The average molecular weight is 394 g/mol. The second-order valence-corrected chi connectivity index (χ2v) is 6.96. The third-order valence-corrected chi connectivity index (χ3v) is 4.96. The number of piperazine rings is 1. The van der Waals surface area contributed by atoms with Gasteiger partial charge in [-0.25, -0.2) is 9.97 Å². The summed E-state index contributed by atoms with van der Waals surface area (Å²) in [7, 11) is 0. The van der Waals surface area contributed by atoms with E-state index in [2.05, 4.69) is 14.9 Å². The van der Waals surface area contributed by atoms with Gasteiger partial charge in [0, 0.05) is 55.7 Å². The smallest absolute Gasteiger partial charge is 0.246 e. The number of amides is 1. The highest BCUT2D eigenvalue weighted by molar-refractivity contribution is 6.30. The largest absolute Gasteiger partial charge is 0.353 e. The first-order chi connectivity index (χ1) is 13.7. The number of carbonyl (C=O) groups excluding carboxylic acids is 1. The molecule has 28 heavy (non-hydrogen) atoms. The van der Waals surface area contributed by atoms with E-state index in [0.717, 1.165) is 30.3 Å². The third-order valence-electron chi connectivity index (χ3n) is 4.71. The predicted molar refractivity (Wildman–Crippen MR) is 111 cm³/mol. The van der Waals surface area contributed by atoms with Gasteiger partial charge >= 0.3 is 0 Å². The van der Waals surface area contributed by atoms with Crippen LogP contribution < -0.4 is 4.90 Å². The zero-order chi connectivity index (χ0) is 19.3. The van der Waals surface area contributed by atoms with Gasteiger partial charge in [-0.2, -0.15) is 0 Å². The standard InChI is InChI=1S/C21H20ClN5O/c22-18-6-3-17(4-7-18)5-8-21(28)27-13-11-26(12-14-27)20-15-19(23-16-24-20)25-9-1-2-10-25/h1-10,15-16H,11-14H2/b8-5+. The van der Waals surface area contributed by atoms with Crippen molar-refractivity contribution in [2.75, 3.05) is 31.1 Å². The second kappa shape index (κ2) is 8.27. The minimum Gasteiger partial charge on any atom is -0.353 e. The zero-order valence-electron chi connectivity index (χ0n) is 15.3. The molecule has 0 spiro atoms. The molecule has 1 amide bonds. The van der Waals surface area contributed by atoms with E-state index >= 15 is 0 Å². The first-order valence-electron chi connectivity index (χ1n) is 9.12. The van der Waals surface area contributed by atoms with Crippen LogP contribution in [0.15, 0.2) is 67.3 Å². The third kappa shape index (κ3) is 4.23. The summed E-state index contributed by atoms with van der Waals surface area (Å²) < 4.78 is 1.95. The second-order valence-electron chi connectivity index (χ2n) is 6.52. The van der Waals surface area contributed by atoms with E-state index in [1.165, 1.54) is 0 Å². The Morgan fingerprint density at radius 3 is 2.36 bits per heavy atom. The Hall–Kier alpha value is -3.12. The first kappa shape index (κ1) is 18.3. The quantitative estimate of drug-likeness (QED) is 0.638. The molecule has 142 valence electrons. The minimum absolute atomic E-state index is 0.0188. The van der Waals surface area contributed by atoms with Crippen molar-refractivity contribution in [2.24, 2.45) is 0 Å². The fourth-order valence-electron chi connectivity index (χ4n) is 3.14. The molecule has 0 radical (unpaired) electrons. The van der Waals surface area contributed by atoms with Gasteiger partial charge in [-0.15, -0.1) is 0 Å². The lowest BCUT2D eigenvalue weighted by Crippen LogP contribution is -2.48. The van der Waals surface area contributed by atoms with Gasteiger partial charge in [0.15, 0.2) is 0 Å². The molecule has 0 aliphatic carbocycles. The fraction of sp³-hybridized carbons (Fsp3) is 0.190. The van der Waals surface area contributed by atoms with Gasteiger partial charge in [0.1, 0.15) is 18.0 Å². The highest BCUT2D eigenvalue weighted by Gasteiger charge is 2.21. The van der Waals surface area contributed by atoms with Crippen LogP contribution in [0.2, 0.25) is 5.02 Å². The monoisotopic (exact) mass is 393 g/mol. The van der Waals surface area contributed by atoms with Crippen LogP contribution in [0, 0.1) is 0 Å². The van der Waals surface area contributed by atoms with Crippen molar-refractivity contribution in [3.63, 3.8) is 0 Å². The maximum atomic E-state index is 12.5. The average Bonchev–Trinajstić information content (AvgIpc) is 3.28. The van der Waals surface area contributed by atoms with Crippen molar-refractivity contribution in [2.45, 2.75) is 0 Å². The number of hydrogen-bond acceptors (Lipinski definition) is 4. The van der Waals surface area contributed by atoms with Crippen molar-refractivity contribution in [3.8, 4) is 5.82 Å². The molecule has 7 heteroatoms. The number of rotatable bonds is 4. The Balaban J connectivity index is 1.36. The Morgan fingerprint density at radius 1 is 0.964 bits per heavy atom. The number of hydrogen-bond donors (Lipinski definition) is 0. The van der Waals surface area contributed by atoms with Crippen LogP contribution in [0.1, 0.15) is 5.56 Å². The molecule has 1 saturated heterocycles. The van der Waals surface area contributed by atoms with Crippen molar-refractivity contribution in [1.82, 2.24) is 19.4 Å². The molecule has 0 N–H and O–H groups in total. The summed E-state index contributed by atoms with van der Waals surface area (Å²) >= 11 is 5.88. The van der Waals surface area contributed by atoms with Crippen LogP contribution in [-0.4, -0.2) is 51.5 Å². The normalized spacial score (nSPS) is 14.6. The number of benzene rings is 1. The van der Waals surface area contributed by atoms with Crippen molar-refractivity contribution < 1.29 is 4.79 Å². The molecular weight excluding hydrogens is 374 g/mol. The Bertz CT molecular complexity index is 961. The van der Waals surface area contributed by atoms with Crippen molar-refractivity contribution in [1.29, 1.82) is 0 Å². The Morgan fingerprint density at radius 2 is 1.64 bits per heavy atom. The van der Waals surface area contributed by atoms with Crippen LogP contribution >= 0.6 is 11.6 Å². The molecule has 6 nitrogen and oxygen atoms in total. The summed E-state index contributed by atoms with van der Waals surface area (Å²) in [6.07, 6.45) is 8.93. The minimum atomic E-state index is 0.0188.